The molecule has 1 nitrogen and oxygen atoms in total. The van der Waals surface area contributed by atoms with Crippen LogP contribution in [0.3, 0.4) is 0 Å². The lowest BCUT2D eigenvalue weighted by atomic mass is 9.76. The van der Waals surface area contributed by atoms with Gasteiger partial charge in [-0.25, -0.2) is 0 Å². The van der Waals surface area contributed by atoms with Crippen molar-refractivity contribution in [3.8, 4) is 0 Å². The minimum Gasteiger partial charge on any atom is -0.311 e. The number of hydrogen-bond donors (Lipinski definition) is 1. The van der Waals surface area contributed by atoms with Gasteiger partial charge in [0.15, 0.2) is 0 Å². The lowest BCUT2D eigenvalue weighted by Crippen LogP contribution is -2.31. The molecular weight excluding hydrogens is 254 g/mol. The van der Waals surface area contributed by atoms with Crippen molar-refractivity contribution in [3.05, 3.63) is 35.9 Å². The van der Waals surface area contributed by atoms with E-state index in [1.165, 1.54) is 44.1 Å². The minimum atomic E-state index is 0.487. The molecule has 0 radical (unpaired) electrons. The Morgan fingerprint density at radius 2 is 1.71 bits per heavy atom. The second kappa shape index (κ2) is 6.12. The summed E-state index contributed by atoms with van der Waals surface area (Å²) in [4.78, 5) is 0. The standard InChI is InChI=1S/C20H31N/c1-20(2,3)16-10-7-11-17(13-12-16)21-19-14-18(19)15-8-5-4-6-9-15/h4-6,8-9,16-19,21H,7,10-14H2,1-3H3. The van der Waals surface area contributed by atoms with Crippen LogP contribution in [0, 0.1) is 11.3 Å². The van der Waals surface area contributed by atoms with Gasteiger partial charge in [0.1, 0.15) is 0 Å². The maximum Gasteiger partial charge on any atom is 0.0145 e. The normalized spacial score (nSPS) is 33.5. The molecule has 0 saturated heterocycles. The summed E-state index contributed by atoms with van der Waals surface area (Å²) < 4.78 is 0. The highest BCUT2D eigenvalue weighted by atomic mass is 15.0. The molecule has 2 saturated carbocycles. The van der Waals surface area contributed by atoms with Gasteiger partial charge in [-0.05, 0) is 49.0 Å². The monoisotopic (exact) mass is 285 g/mol. The van der Waals surface area contributed by atoms with Crippen LogP contribution in [0.25, 0.3) is 0 Å². The van der Waals surface area contributed by atoms with Crippen LogP contribution in [0.2, 0.25) is 0 Å². The molecule has 4 unspecified atom stereocenters. The molecule has 0 bridgehead atoms. The fourth-order valence-corrected chi connectivity index (χ4v) is 4.08. The highest BCUT2D eigenvalue weighted by Crippen LogP contribution is 2.42. The Bertz CT molecular complexity index is 445. The van der Waals surface area contributed by atoms with E-state index in [4.69, 9.17) is 0 Å². The van der Waals surface area contributed by atoms with Crippen LogP contribution in [-0.4, -0.2) is 12.1 Å². The maximum atomic E-state index is 3.95. The van der Waals surface area contributed by atoms with Gasteiger partial charge in [-0.15, -0.1) is 0 Å². The van der Waals surface area contributed by atoms with Crippen molar-refractivity contribution in [3.63, 3.8) is 0 Å². The molecule has 1 aromatic carbocycles. The SMILES string of the molecule is CC(C)(C)C1CCCC(NC2CC2c2ccccc2)CC1. The van der Waals surface area contributed by atoms with E-state index in [1.807, 2.05) is 0 Å². The molecule has 116 valence electrons. The van der Waals surface area contributed by atoms with Crippen LogP contribution in [0.4, 0.5) is 0 Å². The molecule has 1 aromatic rings. The van der Waals surface area contributed by atoms with E-state index in [0.717, 1.165) is 23.9 Å². The van der Waals surface area contributed by atoms with Crippen molar-refractivity contribution in [2.75, 3.05) is 0 Å². The van der Waals surface area contributed by atoms with E-state index in [-0.39, 0.29) is 0 Å². The molecule has 2 fully saturated rings. The molecule has 3 rings (SSSR count). The molecule has 1 N–H and O–H groups in total. The zero-order valence-electron chi connectivity index (χ0n) is 13.9. The third kappa shape index (κ3) is 3.88. The molecule has 21 heavy (non-hydrogen) atoms. The Hall–Kier alpha value is -0.820. The van der Waals surface area contributed by atoms with E-state index in [0.29, 0.717) is 5.41 Å². The summed E-state index contributed by atoms with van der Waals surface area (Å²) in [6.07, 6.45) is 8.33. The number of nitrogens with one attached hydrogen (secondary N) is 1. The molecule has 2 aliphatic rings. The van der Waals surface area contributed by atoms with Gasteiger partial charge in [0.25, 0.3) is 0 Å². The molecule has 2 aliphatic carbocycles. The van der Waals surface area contributed by atoms with Gasteiger partial charge in [-0.2, -0.15) is 0 Å². The van der Waals surface area contributed by atoms with Crippen molar-refractivity contribution < 1.29 is 0 Å². The summed E-state index contributed by atoms with van der Waals surface area (Å²) in [5.41, 5.74) is 2.01. The third-order valence-corrected chi connectivity index (χ3v) is 5.66. The van der Waals surface area contributed by atoms with E-state index < -0.39 is 0 Å². The zero-order chi connectivity index (χ0) is 14.9. The average Bonchev–Trinajstić information content (AvgIpc) is 3.23. The van der Waals surface area contributed by atoms with E-state index in [2.05, 4.69) is 56.4 Å². The highest BCUT2D eigenvalue weighted by Gasteiger charge is 2.39. The zero-order valence-corrected chi connectivity index (χ0v) is 13.9. The second-order valence-corrected chi connectivity index (χ2v) is 8.29. The largest absolute Gasteiger partial charge is 0.311 e. The van der Waals surface area contributed by atoms with Crippen LogP contribution in [0.15, 0.2) is 30.3 Å². The van der Waals surface area contributed by atoms with Crippen molar-refractivity contribution >= 4 is 0 Å². The fourth-order valence-electron chi connectivity index (χ4n) is 4.08. The Morgan fingerprint density at radius 1 is 0.952 bits per heavy atom. The summed E-state index contributed by atoms with van der Waals surface area (Å²) >= 11 is 0. The maximum absolute atomic E-state index is 3.95. The number of rotatable bonds is 3. The van der Waals surface area contributed by atoms with E-state index >= 15 is 0 Å². The quantitative estimate of drug-likeness (QED) is 0.759. The molecule has 0 heterocycles. The van der Waals surface area contributed by atoms with Crippen molar-refractivity contribution in [1.29, 1.82) is 0 Å². The van der Waals surface area contributed by atoms with Gasteiger partial charge < -0.3 is 5.32 Å². The topological polar surface area (TPSA) is 12.0 Å². The highest BCUT2D eigenvalue weighted by molar-refractivity contribution is 5.27. The smallest absolute Gasteiger partial charge is 0.0145 e. The predicted octanol–water partition coefficient (Wildman–Crippen LogP) is 5.13. The van der Waals surface area contributed by atoms with Gasteiger partial charge in [0.05, 0.1) is 0 Å². The number of hydrogen-bond acceptors (Lipinski definition) is 1. The number of benzene rings is 1. The molecule has 0 aromatic heterocycles. The summed E-state index contributed by atoms with van der Waals surface area (Å²) in [6.45, 7) is 7.24. The molecule has 0 spiro atoms. The lowest BCUT2D eigenvalue weighted by Gasteiger charge is -2.29. The molecule has 0 aliphatic heterocycles. The van der Waals surface area contributed by atoms with Gasteiger partial charge >= 0.3 is 0 Å². The first-order valence-corrected chi connectivity index (χ1v) is 8.85. The minimum absolute atomic E-state index is 0.487. The van der Waals surface area contributed by atoms with Crippen LogP contribution < -0.4 is 5.32 Å². The summed E-state index contributed by atoms with van der Waals surface area (Å²) in [5.74, 6) is 1.68. The van der Waals surface area contributed by atoms with Gasteiger partial charge in [-0.1, -0.05) is 57.5 Å². The first-order valence-electron chi connectivity index (χ1n) is 8.85. The first kappa shape index (κ1) is 15.1. The van der Waals surface area contributed by atoms with Crippen LogP contribution >= 0.6 is 0 Å². The average molecular weight is 285 g/mol. The van der Waals surface area contributed by atoms with Gasteiger partial charge in [-0.3, -0.25) is 0 Å². The van der Waals surface area contributed by atoms with Crippen LogP contribution in [-0.2, 0) is 0 Å². The Balaban J connectivity index is 1.49. The Labute approximate surface area is 130 Å². The first-order chi connectivity index (χ1) is 10.0. The van der Waals surface area contributed by atoms with Crippen molar-refractivity contribution in [2.45, 2.75) is 77.3 Å². The van der Waals surface area contributed by atoms with Crippen molar-refractivity contribution in [2.24, 2.45) is 11.3 Å². The molecule has 1 heteroatoms. The fraction of sp³-hybridized carbons (Fsp3) is 0.700. The van der Waals surface area contributed by atoms with E-state index in [9.17, 15) is 0 Å². The molecule has 4 atom stereocenters. The predicted molar refractivity (Wildman–Crippen MR) is 90.5 cm³/mol. The van der Waals surface area contributed by atoms with Crippen molar-refractivity contribution in [1.82, 2.24) is 5.32 Å². The molecule has 0 amide bonds. The Kier molecular flexibility index (Phi) is 4.40. The van der Waals surface area contributed by atoms with Crippen LogP contribution in [0.5, 0.6) is 0 Å². The summed E-state index contributed by atoms with van der Waals surface area (Å²) in [6, 6.07) is 12.5. The summed E-state index contributed by atoms with van der Waals surface area (Å²) in [7, 11) is 0. The second-order valence-electron chi connectivity index (χ2n) is 8.29. The van der Waals surface area contributed by atoms with Gasteiger partial charge in [0, 0.05) is 18.0 Å². The van der Waals surface area contributed by atoms with E-state index in [1.54, 1.807) is 0 Å². The lowest BCUT2D eigenvalue weighted by molar-refractivity contribution is 0.213. The third-order valence-electron chi connectivity index (χ3n) is 5.66. The summed E-state index contributed by atoms with van der Waals surface area (Å²) in [5, 5.41) is 3.95. The van der Waals surface area contributed by atoms with Gasteiger partial charge in [0.2, 0.25) is 0 Å². The Morgan fingerprint density at radius 3 is 2.43 bits per heavy atom. The van der Waals surface area contributed by atoms with Crippen LogP contribution in [0.1, 0.15) is 70.8 Å². The molecular formula is C20H31N.